The molecule has 0 aliphatic carbocycles. The molecule has 0 radical (unpaired) electrons. The summed E-state index contributed by atoms with van der Waals surface area (Å²) in [6.45, 7) is 13.6. The van der Waals surface area contributed by atoms with E-state index in [9.17, 15) is 0 Å². The van der Waals surface area contributed by atoms with Crippen LogP contribution in [-0.2, 0) is 4.43 Å². The molecule has 0 saturated heterocycles. The van der Waals surface area contributed by atoms with E-state index in [4.69, 9.17) is 10.8 Å². The Balaban J connectivity index is 3.99. The Morgan fingerprint density at radius 3 is 2.41 bits per heavy atom. The standard InChI is InChI=1S/C15H28OSi/c1-8-9-10-11-12-13-14(2)16-17(6,7)15(3,4)5/h1,9-10,14H,11-13H2,2-7H3/b10-9+/t14-/m1/s1. The van der Waals surface area contributed by atoms with Crippen LogP contribution in [0.2, 0.25) is 18.1 Å². The molecule has 0 heterocycles. The summed E-state index contributed by atoms with van der Waals surface area (Å²) in [6, 6.07) is 0. The summed E-state index contributed by atoms with van der Waals surface area (Å²) >= 11 is 0. The van der Waals surface area contributed by atoms with Crippen LogP contribution in [0.15, 0.2) is 12.2 Å². The Hall–Kier alpha value is -0.523. The Labute approximate surface area is 109 Å². The normalized spacial score (nSPS) is 14.9. The Bertz CT molecular complexity index is 278. The van der Waals surface area contributed by atoms with Crippen molar-refractivity contribution in [2.45, 2.75) is 71.2 Å². The molecule has 0 saturated carbocycles. The summed E-state index contributed by atoms with van der Waals surface area (Å²) in [5.41, 5.74) is 0. The van der Waals surface area contributed by atoms with Crippen molar-refractivity contribution in [1.29, 1.82) is 0 Å². The van der Waals surface area contributed by atoms with Crippen LogP contribution in [0.3, 0.4) is 0 Å². The molecule has 2 heteroatoms. The minimum absolute atomic E-state index is 0.296. The molecule has 0 aliphatic rings. The van der Waals surface area contributed by atoms with Gasteiger partial charge in [-0.05, 0) is 50.4 Å². The third-order valence-corrected chi connectivity index (χ3v) is 8.10. The molecule has 0 fully saturated rings. The molecule has 0 aromatic heterocycles. The first kappa shape index (κ1) is 16.5. The SMILES string of the molecule is C#C/C=C/CCC[C@@H](C)O[Si](C)(C)C(C)(C)C. The molecule has 0 unspecified atom stereocenters. The first-order valence-electron chi connectivity index (χ1n) is 6.49. The molecule has 0 rings (SSSR count). The molecular weight excluding hydrogens is 224 g/mol. The van der Waals surface area contributed by atoms with Gasteiger partial charge in [0.2, 0.25) is 0 Å². The maximum absolute atomic E-state index is 6.28. The molecule has 0 aromatic carbocycles. The maximum atomic E-state index is 6.28. The molecule has 0 amide bonds. The van der Waals surface area contributed by atoms with Gasteiger partial charge in [-0.15, -0.1) is 6.42 Å². The zero-order valence-corrected chi connectivity index (χ0v) is 13.3. The molecule has 98 valence electrons. The van der Waals surface area contributed by atoms with Crippen LogP contribution in [0.25, 0.3) is 0 Å². The van der Waals surface area contributed by atoms with E-state index in [1.54, 1.807) is 6.08 Å². The van der Waals surface area contributed by atoms with Crippen LogP contribution in [-0.4, -0.2) is 14.4 Å². The first-order valence-corrected chi connectivity index (χ1v) is 9.40. The van der Waals surface area contributed by atoms with Gasteiger partial charge in [-0.3, -0.25) is 0 Å². The third-order valence-electron chi connectivity index (χ3n) is 3.50. The largest absolute Gasteiger partial charge is 0.414 e. The van der Waals surface area contributed by atoms with Crippen LogP contribution in [0.4, 0.5) is 0 Å². The van der Waals surface area contributed by atoms with Crippen molar-refractivity contribution in [1.82, 2.24) is 0 Å². The fourth-order valence-electron chi connectivity index (χ4n) is 1.41. The Morgan fingerprint density at radius 2 is 1.94 bits per heavy atom. The second kappa shape index (κ2) is 7.03. The van der Waals surface area contributed by atoms with Crippen molar-refractivity contribution in [2.24, 2.45) is 0 Å². The summed E-state index contributed by atoms with van der Waals surface area (Å²) in [5.74, 6) is 2.51. The summed E-state index contributed by atoms with van der Waals surface area (Å²) in [4.78, 5) is 0. The van der Waals surface area contributed by atoms with Crippen molar-refractivity contribution in [2.75, 3.05) is 0 Å². The quantitative estimate of drug-likeness (QED) is 0.376. The lowest BCUT2D eigenvalue weighted by atomic mass is 10.2. The average Bonchev–Trinajstić information content (AvgIpc) is 2.14. The predicted molar refractivity (Wildman–Crippen MR) is 79.6 cm³/mol. The number of unbranched alkanes of at least 4 members (excludes halogenated alkanes) is 1. The monoisotopic (exact) mass is 252 g/mol. The predicted octanol–water partition coefficient (Wildman–Crippen LogP) is 4.76. The van der Waals surface area contributed by atoms with Crippen molar-refractivity contribution in [3.63, 3.8) is 0 Å². The number of allylic oxidation sites excluding steroid dienone is 2. The lowest BCUT2D eigenvalue weighted by Gasteiger charge is -2.38. The van der Waals surface area contributed by atoms with Crippen LogP contribution >= 0.6 is 0 Å². The zero-order chi connectivity index (χ0) is 13.5. The number of terminal acetylenes is 1. The highest BCUT2D eigenvalue weighted by molar-refractivity contribution is 6.74. The van der Waals surface area contributed by atoms with Crippen LogP contribution < -0.4 is 0 Å². The van der Waals surface area contributed by atoms with Crippen LogP contribution in [0, 0.1) is 12.3 Å². The lowest BCUT2D eigenvalue weighted by molar-refractivity contribution is 0.187. The minimum Gasteiger partial charge on any atom is -0.414 e. The van der Waals surface area contributed by atoms with Crippen LogP contribution in [0.5, 0.6) is 0 Å². The number of hydrogen-bond acceptors (Lipinski definition) is 1. The fourth-order valence-corrected chi connectivity index (χ4v) is 2.89. The van der Waals surface area contributed by atoms with Crippen LogP contribution in [0.1, 0.15) is 47.0 Å². The van der Waals surface area contributed by atoms with Gasteiger partial charge in [-0.1, -0.05) is 32.8 Å². The number of rotatable bonds is 6. The molecule has 0 N–H and O–H groups in total. The fraction of sp³-hybridized carbons (Fsp3) is 0.733. The van der Waals surface area contributed by atoms with Crippen molar-refractivity contribution >= 4 is 8.32 Å². The lowest BCUT2D eigenvalue weighted by Crippen LogP contribution is -2.43. The van der Waals surface area contributed by atoms with Crippen molar-refractivity contribution in [3.05, 3.63) is 12.2 Å². The molecule has 0 bridgehead atoms. The minimum atomic E-state index is -1.59. The number of hydrogen-bond donors (Lipinski definition) is 0. The molecule has 1 atom stereocenters. The first-order chi connectivity index (χ1) is 7.70. The average molecular weight is 252 g/mol. The summed E-state index contributed by atoms with van der Waals surface area (Å²) in [6.07, 6.45) is 12.6. The van der Waals surface area contributed by atoms with Gasteiger partial charge < -0.3 is 4.43 Å². The van der Waals surface area contributed by atoms with Gasteiger partial charge in [0.25, 0.3) is 0 Å². The summed E-state index contributed by atoms with van der Waals surface area (Å²) < 4.78 is 6.28. The smallest absolute Gasteiger partial charge is 0.192 e. The van der Waals surface area contributed by atoms with E-state index in [-0.39, 0.29) is 0 Å². The second-order valence-electron chi connectivity index (χ2n) is 6.19. The van der Waals surface area contributed by atoms with E-state index in [2.05, 4.69) is 52.8 Å². The highest BCUT2D eigenvalue weighted by Crippen LogP contribution is 2.37. The molecule has 1 nitrogen and oxygen atoms in total. The van der Waals surface area contributed by atoms with Crippen molar-refractivity contribution in [3.8, 4) is 12.3 Å². The zero-order valence-electron chi connectivity index (χ0n) is 12.3. The molecule has 0 spiro atoms. The van der Waals surface area contributed by atoms with Gasteiger partial charge in [-0.2, -0.15) is 0 Å². The highest BCUT2D eigenvalue weighted by atomic mass is 28.4. The van der Waals surface area contributed by atoms with Crippen molar-refractivity contribution < 1.29 is 4.43 Å². The van der Waals surface area contributed by atoms with E-state index in [0.717, 1.165) is 19.3 Å². The van der Waals surface area contributed by atoms with E-state index < -0.39 is 8.32 Å². The van der Waals surface area contributed by atoms with Gasteiger partial charge in [0.1, 0.15) is 0 Å². The molecule has 17 heavy (non-hydrogen) atoms. The van der Waals surface area contributed by atoms with Gasteiger partial charge in [0, 0.05) is 6.10 Å². The maximum Gasteiger partial charge on any atom is 0.192 e. The highest BCUT2D eigenvalue weighted by Gasteiger charge is 2.38. The van der Waals surface area contributed by atoms with Gasteiger partial charge in [-0.25, -0.2) is 0 Å². The topological polar surface area (TPSA) is 9.23 Å². The van der Waals surface area contributed by atoms with Gasteiger partial charge >= 0.3 is 0 Å². The molecule has 0 aromatic rings. The van der Waals surface area contributed by atoms with E-state index in [1.165, 1.54) is 0 Å². The summed E-state index contributed by atoms with van der Waals surface area (Å²) in [5, 5.41) is 0.296. The summed E-state index contributed by atoms with van der Waals surface area (Å²) in [7, 11) is -1.59. The van der Waals surface area contributed by atoms with E-state index in [0.29, 0.717) is 11.1 Å². The van der Waals surface area contributed by atoms with E-state index >= 15 is 0 Å². The van der Waals surface area contributed by atoms with E-state index in [1.807, 2.05) is 0 Å². The molecular formula is C15H28OSi. The van der Waals surface area contributed by atoms with Gasteiger partial charge in [0.15, 0.2) is 8.32 Å². The third kappa shape index (κ3) is 6.70. The van der Waals surface area contributed by atoms with Gasteiger partial charge in [0.05, 0.1) is 0 Å². The Kier molecular flexibility index (Phi) is 6.82. The second-order valence-corrected chi connectivity index (χ2v) is 10.9. The Morgan fingerprint density at radius 1 is 1.35 bits per heavy atom. The molecule has 0 aliphatic heterocycles.